The highest BCUT2D eigenvalue weighted by molar-refractivity contribution is 6.12. The first-order chi connectivity index (χ1) is 12.5. The molecule has 26 heavy (non-hydrogen) atoms. The van der Waals surface area contributed by atoms with Crippen LogP contribution in [-0.2, 0) is 4.74 Å². The number of hydrogen-bond donors (Lipinski definition) is 1. The molecule has 0 saturated carbocycles. The van der Waals surface area contributed by atoms with Crippen LogP contribution < -0.4 is 10.1 Å². The molecule has 0 aromatic heterocycles. The van der Waals surface area contributed by atoms with Crippen molar-refractivity contribution in [2.45, 2.75) is 33.3 Å². The van der Waals surface area contributed by atoms with E-state index in [2.05, 4.69) is 5.32 Å². The highest BCUT2D eigenvalue weighted by Crippen LogP contribution is 2.26. The number of esters is 1. The summed E-state index contributed by atoms with van der Waals surface area (Å²) < 4.78 is 24.7. The molecule has 0 fully saturated rings. The summed E-state index contributed by atoms with van der Waals surface area (Å²) >= 11 is 0. The van der Waals surface area contributed by atoms with Gasteiger partial charge in [-0.25, -0.2) is 9.18 Å². The third-order valence-electron chi connectivity index (χ3n) is 3.78. The number of para-hydroxylation sites is 1. The number of ether oxygens (including phenoxy) is 2. The van der Waals surface area contributed by atoms with Gasteiger partial charge in [-0.15, -0.1) is 0 Å². The number of amides is 1. The van der Waals surface area contributed by atoms with Crippen molar-refractivity contribution >= 4 is 17.6 Å². The van der Waals surface area contributed by atoms with Gasteiger partial charge in [-0.1, -0.05) is 25.1 Å². The fourth-order valence-corrected chi connectivity index (χ4v) is 2.28. The van der Waals surface area contributed by atoms with E-state index in [1.165, 1.54) is 24.3 Å². The quantitative estimate of drug-likeness (QED) is 0.743. The molecule has 2 aromatic rings. The lowest BCUT2D eigenvalue weighted by Crippen LogP contribution is -2.21. The normalized spacial score (nSPS) is 11.5. The van der Waals surface area contributed by atoms with Crippen LogP contribution in [0.15, 0.2) is 42.5 Å². The van der Waals surface area contributed by atoms with Crippen LogP contribution in [0.3, 0.4) is 0 Å². The van der Waals surface area contributed by atoms with Crippen LogP contribution in [0, 0.1) is 5.82 Å². The minimum atomic E-state index is -0.651. The van der Waals surface area contributed by atoms with Gasteiger partial charge in [0.25, 0.3) is 5.91 Å². The van der Waals surface area contributed by atoms with E-state index < -0.39 is 17.7 Å². The second-order valence-corrected chi connectivity index (χ2v) is 5.67. The number of carbonyl (C=O) groups excluding carboxylic acids is 2. The minimum absolute atomic E-state index is 0.0283. The smallest absolute Gasteiger partial charge is 0.343 e. The first-order valence-electron chi connectivity index (χ1n) is 8.50. The molecule has 0 heterocycles. The summed E-state index contributed by atoms with van der Waals surface area (Å²) in [6.45, 7) is 5.75. The number of halogens is 1. The van der Waals surface area contributed by atoms with E-state index in [0.717, 1.165) is 0 Å². The zero-order valence-corrected chi connectivity index (χ0v) is 15.0. The van der Waals surface area contributed by atoms with E-state index in [9.17, 15) is 14.0 Å². The molecular formula is C20H22FNO4. The second kappa shape index (κ2) is 8.99. The number of carbonyl (C=O) groups is 2. The maximum absolute atomic E-state index is 13.8. The third kappa shape index (κ3) is 4.59. The van der Waals surface area contributed by atoms with Crippen molar-refractivity contribution in [2.24, 2.45) is 0 Å². The van der Waals surface area contributed by atoms with Gasteiger partial charge in [0.1, 0.15) is 17.1 Å². The monoisotopic (exact) mass is 359 g/mol. The van der Waals surface area contributed by atoms with Crippen LogP contribution in [0.25, 0.3) is 0 Å². The molecule has 0 bridgehead atoms. The lowest BCUT2D eigenvalue weighted by Gasteiger charge is -2.16. The molecule has 0 spiro atoms. The van der Waals surface area contributed by atoms with E-state index >= 15 is 0 Å². The first-order valence-corrected chi connectivity index (χ1v) is 8.50. The number of benzene rings is 2. The summed E-state index contributed by atoms with van der Waals surface area (Å²) in [5.41, 5.74) is 0.122. The molecule has 2 aromatic carbocycles. The molecule has 0 aliphatic rings. The molecule has 6 heteroatoms. The van der Waals surface area contributed by atoms with Crippen molar-refractivity contribution in [3.05, 3.63) is 59.4 Å². The van der Waals surface area contributed by atoms with Gasteiger partial charge >= 0.3 is 5.97 Å². The maximum atomic E-state index is 13.8. The van der Waals surface area contributed by atoms with E-state index in [1.807, 2.05) is 6.92 Å². The van der Waals surface area contributed by atoms with Crippen LogP contribution >= 0.6 is 0 Å². The predicted octanol–water partition coefficient (Wildman–Crippen LogP) is 4.43. The Morgan fingerprint density at radius 3 is 2.50 bits per heavy atom. The SMILES string of the molecule is CCOc1cccc(C(=O)Nc2ccccc2F)c1C(=O)OC(C)CC. The Morgan fingerprint density at radius 2 is 1.85 bits per heavy atom. The lowest BCUT2D eigenvalue weighted by atomic mass is 10.0. The molecule has 138 valence electrons. The summed E-state index contributed by atoms with van der Waals surface area (Å²) in [5.74, 6) is -1.58. The van der Waals surface area contributed by atoms with Gasteiger partial charge < -0.3 is 14.8 Å². The van der Waals surface area contributed by atoms with E-state index in [4.69, 9.17) is 9.47 Å². The summed E-state index contributed by atoms with van der Waals surface area (Å²) in [4.78, 5) is 25.3. The molecule has 0 saturated heterocycles. The Bertz CT molecular complexity index is 791. The van der Waals surface area contributed by atoms with Gasteiger partial charge in [0.15, 0.2) is 0 Å². The van der Waals surface area contributed by atoms with Gasteiger partial charge in [-0.05, 0) is 44.5 Å². The highest BCUT2D eigenvalue weighted by Gasteiger charge is 2.25. The Balaban J connectivity index is 2.40. The summed E-state index contributed by atoms with van der Waals surface area (Å²) in [6.07, 6.45) is 0.332. The molecule has 1 amide bonds. The summed E-state index contributed by atoms with van der Waals surface area (Å²) in [5, 5.41) is 2.48. The first kappa shape index (κ1) is 19.4. The van der Waals surface area contributed by atoms with Crippen molar-refractivity contribution in [1.29, 1.82) is 0 Å². The molecule has 0 aliphatic carbocycles. The number of anilines is 1. The van der Waals surface area contributed by atoms with Gasteiger partial charge in [0.2, 0.25) is 0 Å². The van der Waals surface area contributed by atoms with Crippen molar-refractivity contribution in [3.63, 3.8) is 0 Å². The minimum Gasteiger partial charge on any atom is -0.493 e. The average Bonchev–Trinajstić information content (AvgIpc) is 2.63. The number of rotatable bonds is 7. The summed E-state index contributed by atoms with van der Waals surface area (Å²) in [6, 6.07) is 10.5. The Kier molecular flexibility index (Phi) is 6.72. The van der Waals surface area contributed by atoms with Crippen molar-refractivity contribution in [1.82, 2.24) is 0 Å². The highest BCUT2D eigenvalue weighted by atomic mass is 19.1. The summed E-state index contributed by atoms with van der Waals surface area (Å²) in [7, 11) is 0. The molecule has 0 aliphatic heterocycles. The second-order valence-electron chi connectivity index (χ2n) is 5.67. The fourth-order valence-electron chi connectivity index (χ4n) is 2.28. The third-order valence-corrected chi connectivity index (χ3v) is 3.78. The zero-order valence-electron chi connectivity index (χ0n) is 15.0. The van der Waals surface area contributed by atoms with Crippen LogP contribution in [0.1, 0.15) is 47.9 Å². The van der Waals surface area contributed by atoms with E-state index in [-0.39, 0.29) is 28.7 Å². The van der Waals surface area contributed by atoms with Gasteiger partial charge in [-0.3, -0.25) is 4.79 Å². The Morgan fingerprint density at radius 1 is 1.12 bits per heavy atom. The van der Waals surface area contributed by atoms with Crippen molar-refractivity contribution < 1.29 is 23.5 Å². The van der Waals surface area contributed by atoms with Crippen molar-refractivity contribution in [3.8, 4) is 5.75 Å². The predicted molar refractivity (Wildman–Crippen MR) is 97.1 cm³/mol. The van der Waals surface area contributed by atoms with E-state index in [1.54, 1.807) is 32.0 Å². The molecule has 1 unspecified atom stereocenters. The molecule has 1 N–H and O–H groups in total. The van der Waals surface area contributed by atoms with Gasteiger partial charge in [0.05, 0.1) is 24.0 Å². The molecule has 2 rings (SSSR count). The molecule has 5 nitrogen and oxygen atoms in total. The average molecular weight is 359 g/mol. The largest absolute Gasteiger partial charge is 0.493 e. The Labute approximate surface area is 152 Å². The van der Waals surface area contributed by atoms with Crippen molar-refractivity contribution in [2.75, 3.05) is 11.9 Å². The van der Waals surface area contributed by atoms with E-state index in [0.29, 0.717) is 13.0 Å². The zero-order chi connectivity index (χ0) is 19.1. The van der Waals surface area contributed by atoms with Gasteiger partial charge in [-0.2, -0.15) is 0 Å². The number of nitrogens with one attached hydrogen (secondary N) is 1. The van der Waals surface area contributed by atoms with Crippen LogP contribution in [-0.4, -0.2) is 24.6 Å². The topological polar surface area (TPSA) is 64.6 Å². The molecule has 1 atom stereocenters. The maximum Gasteiger partial charge on any atom is 0.343 e. The Hall–Kier alpha value is -2.89. The molecule has 0 radical (unpaired) electrons. The number of hydrogen-bond acceptors (Lipinski definition) is 4. The fraction of sp³-hybridized carbons (Fsp3) is 0.300. The van der Waals surface area contributed by atoms with Crippen LogP contribution in [0.4, 0.5) is 10.1 Å². The van der Waals surface area contributed by atoms with Crippen LogP contribution in [0.2, 0.25) is 0 Å². The van der Waals surface area contributed by atoms with Gasteiger partial charge in [0, 0.05) is 0 Å². The standard InChI is InChI=1S/C20H22FNO4/c1-4-13(3)26-20(24)18-14(9-8-12-17(18)25-5-2)19(23)22-16-11-7-6-10-15(16)21/h6-13H,4-5H2,1-3H3,(H,22,23). The molecular weight excluding hydrogens is 337 g/mol. The van der Waals surface area contributed by atoms with Crippen LogP contribution in [0.5, 0.6) is 5.75 Å². The lowest BCUT2D eigenvalue weighted by molar-refractivity contribution is 0.0328.